The number of fused-ring (bicyclic) bond motifs is 6. The van der Waals surface area contributed by atoms with E-state index in [9.17, 15) is 0 Å². The van der Waals surface area contributed by atoms with Crippen LogP contribution in [0.2, 0.25) is 0 Å². The lowest BCUT2D eigenvalue weighted by atomic mass is 9.93. The van der Waals surface area contributed by atoms with Gasteiger partial charge in [0.05, 0.1) is 0 Å². The number of hydrogen-bond acceptors (Lipinski definition) is 3. The SMILES string of the molecule is CN1c2ccccc2C2N(C)c3ccccc3C1N2c1ccccc1. The summed E-state index contributed by atoms with van der Waals surface area (Å²) in [5.74, 6) is 0. The fourth-order valence-corrected chi connectivity index (χ4v) is 4.42. The smallest absolute Gasteiger partial charge is 0.132 e. The second-order valence-corrected chi connectivity index (χ2v) is 6.83. The van der Waals surface area contributed by atoms with Crippen LogP contribution in [0.1, 0.15) is 23.5 Å². The first-order chi connectivity index (χ1) is 12.3. The maximum absolute atomic E-state index is 2.53. The van der Waals surface area contributed by atoms with Crippen molar-refractivity contribution in [2.45, 2.75) is 12.3 Å². The zero-order valence-electron chi connectivity index (χ0n) is 14.5. The van der Waals surface area contributed by atoms with Crippen LogP contribution in [0.3, 0.4) is 0 Å². The van der Waals surface area contributed by atoms with Gasteiger partial charge in [0.2, 0.25) is 0 Å². The molecule has 2 aliphatic heterocycles. The molecule has 2 atom stereocenters. The number of nitrogens with zero attached hydrogens (tertiary/aromatic N) is 3. The number of para-hydroxylation sites is 3. The van der Waals surface area contributed by atoms with Crippen LogP contribution in [-0.4, -0.2) is 14.1 Å². The Morgan fingerprint density at radius 1 is 0.560 bits per heavy atom. The van der Waals surface area contributed by atoms with E-state index < -0.39 is 0 Å². The molecule has 0 fully saturated rings. The molecule has 0 saturated carbocycles. The minimum atomic E-state index is 0.190. The maximum Gasteiger partial charge on any atom is 0.132 e. The van der Waals surface area contributed by atoms with E-state index in [1.54, 1.807) is 0 Å². The molecule has 2 bridgehead atoms. The third kappa shape index (κ3) is 1.92. The summed E-state index contributed by atoms with van der Waals surface area (Å²) in [7, 11) is 4.41. The number of benzene rings is 3. The molecule has 3 nitrogen and oxygen atoms in total. The molecule has 25 heavy (non-hydrogen) atoms. The fourth-order valence-electron chi connectivity index (χ4n) is 4.42. The van der Waals surface area contributed by atoms with Crippen LogP contribution >= 0.6 is 0 Å². The van der Waals surface area contributed by atoms with Crippen molar-refractivity contribution in [1.82, 2.24) is 0 Å². The van der Waals surface area contributed by atoms with E-state index in [1.807, 2.05) is 0 Å². The summed E-state index contributed by atoms with van der Waals surface area (Å²) in [6, 6.07) is 28.3. The molecule has 2 unspecified atom stereocenters. The average Bonchev–Trinajstić information content (AvgIpc) is 2.68. The van der Waals surface area contributed by atoms with E-state index in [0.717, 1.165) is 0 Å². The normalized spacial score (nSPS) is 21.0. The van der Waals surface area contributed by atoms with Gasteiger partial charge in [-0.05, 0) is 24.3 Å². The van der Waals surface area contributed by atoms with Gasteiger partial charge in [0, 0.05) is 42.3 Å². The molecule has 2 heterocycles. The van der Waals surface area contributed by atoms with Gasteiger partial charge in [0.1, 0.15) is 12.3 Å². The van der Waals surface area contributed by atoms with E-state index in [-0.39, 0.29) is 12.3 Å². The Hall–Kier alpha value is -2.94. The van der Waals surface area contributed by atoms with Gasteiger partial charge in [-0.25, -0.2) is 0 Å². The van der Waals surface area contributed by atoms with E-state index in [2.05, 4.69) is 108 Å². The highest BCUT2D eigenvalue weighted by atomic mass is 15.5. The third-order valence-electron chi connectivity index (χ3n) is 5.50. The highest BCUT2D eigenvalue weighted by molar-refractivity contribution is 5.74. The monoisotopic (exact) mass is 327 g/mol. The zero-order chi connectivity index (χ0) is 17.0. The molecular formula is C22H21N3. The molecule has 124 valence electrons. The Morgan fingerprint density at radius 3 is 1.52 bits per heavy atom. The van der Waals surface area contributed by atoms with Gasteiger partial charge < -0.3 is 14.7 Å². The van der Waals surface area contributed by atoms with E-state index in [4.69, 9.17) is 0 Å². The highest BCUT2D eigenvalue weighted by Gasteiger charge is 2.45. The van der Waals surface area contributed by atoms with Gasteiger partial charge in [0.25, 0.3) is 0 Å². The third-order valence-corrected chi connectivity index (χ3v) is 5.50. The zero-order valence-corrected chi connectivity index (χ0v) is 14.5. The topological polar surface area (TPSA) is 9.72 Å². The Labute approximate surface area is 148 Å². The first-order valence-corrected chi connectivity index (χ1v) is 8.74. The summed E-state index contributed by atoms with van der Waals surface area (Å²) in [6.07, 6.45) is 0.379. The van der Waals surface area contributed by atoms with Gasteiger partial charge in [0.15, 0.2) is 0 Å². The number of anilines is 3. The quantitative estimate of drug-likeness (QED) is 0.636. The van der Waals surface area contributed by atoms with Gasteiger partial charge in [-0.1, -0.05) is 54.6 Å². The van der Waals surface area contributed by atoms with Crippen molar-refractivity contribution >= 4 is 17.1 Å². The number of rotatable bonds is 1. The minimum Gasteiger partial charge on any atom is -0.350 e. The summed E-state index contributed by atoms with van der Waals surface area (Å²) in [6.45, 7) is 0. The highest BCUT2D eigenvalue weighted by Crippen LogP contribution is 2.53. The van der Waals surface area contributed by atoms with Crippen LogP contribution in [0.15, 0.2) is 78.9 Å². The van der Waals surface area contributed by atoms with Crippen LogP contribution in [0.5, 0.6) is 0 Å². The molecule has 3 aromatic carbocycles. The molecule has 5 rings (SSSR count). The van der Waals surface area contributed by atoms with Crippen molar-refractivity contribution in [1.29, 1.82) is 0 Å². The lowest BCUT2D eigenvalue weighted by Crippen LogP contribution is -2.55. The molecule has 0 spiro atoms. The minimum absolute atomic E-state index is 0.190. The Morgan fingerprint density at radius 2 is 1.00 bits per heavy atom. The van der Waals surface area contributed by atoms with Crippen LogP contribution < -0.4 is 14.7 Å². The van der Waals surface area contributed by atoms with Crippen molar-refractivity contribution in [3.05, 3.63) is 90.0 Å². The Balaban J connectivity index is 1.81. The van der Waals surface area contributed by atoms with Gasteiger partial charge in [-0.3, -0.25) is 0 Å². The molecule has 3 aromatic rings. The maximum atomic E-state index is 2.53. The lowest BCUT2D eigenvalue weighted by Gasteiger charge is -2.56. The summed E-state index contributed by atoms with van der Waals surface area (Å²) < 4.78 is 0. The van der Waals surface area contributed by atoms with Gasteiger partial charge in [-0.15, -0.1) is 0 Å². The molecule has 0 amide bonds. The van der Waals surface area contributed by atoms with E-state index in [0.29, 0.717) is 0 Å². The lowest BCUT2D eigenvalue weighted by molar-refractivity contribution is 0.464. The molecular weight excluding hydrogens is 306 g/mol. The summed E-state index contributed by atoms with van der Waals surface area (Å²) >= 11 is 0. The second kappa shape index (κ2) is 5.28. The molecule has 0 aromatic heterocycles. The van der Waals surface area contributed by atoms with Crippen molar-refractivity contribution in [2.75, 3.05) is 28.8 Å². The summed E-state index contributed by atoms with van der Waals surface area (Å²) in [4.78, 5) is 7.35. The van der Waals surface area contributed by atoms with E-state index in [1.165, 1.54) is 28.2 Å². The molecule has 0 N–H and O–H groups in total. The van der Waals surface area contributed by atoms with Crippen molar-refractivity contribution in [3.8, 4) is 0 Å². The predicted molar refractivity (Wildman–Crippen MR) is 104 cm³/mol. The first kappa shape index (κ1) is 14.4. The first-order valence-electron chi connectivity index (χ1n) is 8.74. The molecule has 0 saturated heterocycles. The van der Waals surface area contributed by atoms with Crippen LogP contribution in [0.4, 0.5) is 17.1 Å². The molecule has 2 aliphatic rings. The Kier molecular flexibility index (Phi) is 3.04. The Bertz CT molecular complexity index is 864. The van der Waals surface area contributed by atoms with Crippen molar-refractivity contribution in [3.63, 3.8) is 0 Å². The molecule has 0 radical (unpaired) electrons. The average molecular weight is 327 g/mol. The summed E-state index contributed by atoms with van der Waals surface area (Å²) in [5, 5.41) is 0. The number of hydrogen-bond donors (Lipinski definition) is 0. The fraction of sp³-hybridized carbons (Fsp3) is 0.182. The van der Waals surface area contributed by atoms with Crippen LogP contribution in [0.25, 0.3) is 0 Å². The second-order valence-electron chi connectivity index (χ2n) is 6.83. The van der Waals surface area contributed by atoms with Crippen molar-refractivity contribution < 1.29 is 0 Å². The van der Waals surface area contributed by atoms with Crippen LogP contribution in [-0.2, 0) is 0 Å². The van der Waals surface area contributed by atoms with Crippen molar-refractivity contribution in [2.24, 2.45) is 0 Å². The molecule has 0 aliphatic carbocycles. The molecule has 3 heteroatoms. The van der Waals surface area contributed by atoms with Crippen LogP contribution in [0, 0.1) is 0 Å². The van der Waals surface area contributed by atoms with E-state index >= 15 is 0 Å². The largest absolute Gasteiger partial charge is 0.350 e. The summed E-state index contributed by atoms with van der Waals surface area (Å²) in [5.41, 5.74) is 6.57. The van der Waals surface area contributed by atoms with Gasteiger partial charge in [-0.2, -0.15) is 0 Å². The standard InChI is InChI=1S/C22H21N3/c1-23-19-14-8-6-12-17(19)22-24(2)20-15-9-7-13-18(20)21(23)25(22)16-10-4-3-5-11-16/h3-15,21-22H,1-2H3. The predicted octanol–water partition coefficient (Wildman–Crippen LogP) is 4.79. The van der Waals surface area contributed by atoms with Gasteiger partial charge >= 0.3 is 0 Å².